The first kappa shape index (κ1) is 12.7. The maximum Gasteiger partial charge on any atom is 0.273 e. The van der Waals surface area contributed by atoms with Gasteiger partial charge in [-0.15, -0.1) is 10.2 Å². The molecule has 0 spiro atoms. The largest absolute Gasteiger partial charge is 0.297 e. The number of pyridine rings is 1. The van der Waals surface area contributed by atoms with Crippen LogP contribution in [-0.4, -0.2) is 28.2 Å². The first-order chi connectivity index (χ1) is 8.54. The molecule has 8 heteroatoms. The van der Waals surface area contributed by atoms with Crippen LogP contribution in [0.4, 0.5) is 0 Å². The standard InChI is InChI=1S/C10H13N5O2S/c1-2-6-15-9(8-4-3-5-12-7-8)13-14-10(15)18(11,16)17/h3-5,7H,2,6H2,1H3,(H2,11,16,17). The summed E-state index contributed by atoms with van der Waals surface area (Å²) in [7, 11) is -3.87. The molecule has 0 aliphatic rings. The van der Waals surface area contributed by atoms with Gasteiger partial charge in [-0.05, 0) is 18.6 Å². The normalized spacial score (nSPS) is 11.7. The molecule has 96 valence electrons. The number of nitrogens with zero attached hydrogens (tertiary/aromatic N) is 4. The summed E-state index contributed by atoms with van der Waals surface area (Å²) in [4.78, 5) is 3.97. The van der Waals surface area contributed by atoms with Crippen molar-refractivity contribution in [2.24, 2.45) is 5.14 Å². The van der Waals surface area contributed by atoms with E-state index in [0.29, 0.717) is 17.9 Å². The Morgan fingerprint density at radius 3 is 2.72 bits per heavy atom. The van der Waals surface area contributed by atoms with Gasteiger partial charge in [-0.3, -0.25) is 9.55 Å². The zero-order valence-electron chi connectivity index (χ0n) is 9.81. The average Bonchev–Trinajstić information content (AvgIpc) is 2.74. The van der Waals surface area contributed by atoms with Gasteiger partial charge in [-0.2, -0.15) is 0 Å². The van der Waals surface area contributed by atoms with E-state index in [1.807, 2.05) is 6.92 Å². The van der Waals surface area contributed by atoms with Gasteiger partial charge in [0.1, 0.15) is 0 Å². The van der Waals surface area contributed by atoms with Crippen LogP contribution in [-0.2, 0) is 16.6 Å². The first-order valence-electron chi connectivity index (χ1n) is 5.40. The van der Waals surface area contributed by atoms with Gasteiger partial charge in [-0.1, -0.05) is 6.92 Å². The minimum absolute atomic E-state index is 0.219. The predicted octanol–water partition coefficient (Wildman–Crippen LogP) is 0.398. The summed E-state index contributed by atoms with van der Waals surface area (Å²) in [6, 6.07) is 3.53. The van der Waals surface area contributed by atoms with E-state index in [-0.39, 0.29) is 5.16 Å². The molecule has 2 aromatic rings. The van der Waals surface area contributed by atoms with Crippen molar-refractivity contribution in [3.05, 3.63) is 24.5 Å². The Morgan fingerprint density at radius 1 is 1.39 bits per heavy atom. The van der Waals surface area contributed by atoms with Crippen molar-refractivity contribution < 1.29 is 8.42 Å². The highest BCUT2D eigenvalue weighted by molar-refractivity contribution is 7.89. The molecule has 0 aromatic carbocycles. The maximum atomic E-state index is 11.4. The molecule has 0 aliphatic heterocycles. The van der Waals surface area contributed by atoms with E-state index >= 15 is 0 Å². The SMILES string of the molecule is CCCn1c(-c2cccnc2)nnc1S(N)(=O)=O. The molecule has 0 saturated heterocycles. The lowest BCUT2D eigenvalue weighted by atomic mass is 10.2. The summed E-state index contributed by atoms with van der Waals surface area (Å²) >= 11 is 0. The number of nitrogens with two attached hydrogens (primary N) is 1. The second-order valence-electron chi connectivity index (χ2n) is 3.74. The first-order valence-corrected chi connectivity index (χ1v) is 6.95. The van der Waals surface area contributed by atoms with Gasteiger partial charge in [0.15, 0.2) is 5.82 Å². The summed E-state index contributed by atoms with van der Waals surface area (Å²) in [5, 5.41) is 12.4. The van der Waals surface area contributed by atoms with Crippen LogP contribution in [0.3, 0.4) is 0 Å². The van der Waals surface area contributed by atoms with Crippen LogP contribution in [0.25, 0.3) is 11.4 Å². The van der Waals surface area contributed by atoms with E-state index in [1.54, 1.807) is 24.5 Å². The molecular weight excluding hydrogens is 254 g/mol. The third-order valence-corrected chi connectivity index (χ3v) is 3.15. The average molecular weight is 267 g/mol. The quantitative estimate of drug-likeness (QED) is 0.863. The molecule has 0 amide bonds. The van der Waals surface area contributed by atoms with Crippen LogP contribution < -0.4 is 5.14 Å². The van der Waals surface area contributed by atoms with Crippen LogP contribution in [0, 0.1) is 0 Å². The molecule has 2 N–H and O–H groups in total. The number of rotatable bonds is 4. The van der Waals surface area contributed by atoms with Crippen molar-refractivity contribution in [1.82, 2.24) is 19.7 Å². The fourth-order valence-electron chi connectivity index (χ4n) is 1.63. The zero-order chi connectivity index (χ0) is 13.2. The molecule has 0 atom stereocenters. The summed E-state index contributed by atoms with van der Waals surface area (Å²) in [6.07, 6.45) is 3.97. The molecular formula is C10H13N5O2S. The molecule has 0 aliphatic carbocycles. The molecule has 2 rings (SSSR count). The van der Waals surface area contributed by atoms with Crippen molar-refractivity contribution in [2.45, 2.75) is 25.0 Å². The Kier molecular flexibility index (Phi) is 3.39. The van der Waals surface area contributed by atoms with Crippen molar-refractivity contribution in [2.75, 3.05) is 0 Å². The number of primary sulfonamides is 1. The van der Waals surface area contributed by atoms with Crippen LogP contribution in [0.15, 0.2) is 29.7 Å². The fraction of sp³-hybridized carbons (Fsp3) is 0.300. The Morgan fingerprint density at radius 2 is 2.17 bits per heavy atom. The smallest absolute Gasteiger partial charge is 0.273 e. The molecule has 18 heavy (non-hydrogen) atoms. The lowest BCUT2D eigenvalue weighted by Gasteiger charge is -2.07. The number of hydrogen-bond donors (Lipinski definition) is 1. The zero-order valence-corrected chi connectivity index (χ0v) is 10.6. The van der Waals surface area contributed by atoms with Gasteiger partial charge < -0.3 is 0 Å². The monoisotopic (exact) mass is 267 g/mol. The van der Waals surface area contributed by atoms with E-state index in [2.05, 4.69) is 15.2 Å². The fourth-order valence-corrected chi connectivity index (χ4v) is 2.27. The van der Waals surface area contributed by atoms with E-state index in [9.17, 15) is 8.42 Å². The molecule has 0 unspecified atom stereocenters. The van der Waals surface area contributed by atoms with Crippen LogP contribution in [0.2, 0.25) is 0 Å². The topological polar surface area (TPSA) is 104 Å². The molecule has 0 saturated carbocycles. The highest BCUT2D eigenvalue weighted by Gasteiger charge is 2.21. The second kappa shape index (κ2) is 4.83. The number of sulfonamides is 1. The van der Waals surface area contributed by atoms with Crippen LogP contribution >= 0.6 is 0 Å². The Labute approximate surface area is 105 Å². The van der Waals surface area contributed by atoms with Crippen molar-refractivity contribution >= 4 is 10.0 Å². The minimum atomic E-state index is -3.87. The maximum absolute atomic E-state index is 11.4. The highest BCUT2D eigenvalue weighted by atomic mass is 32.2. The Hall–Kier alpha value is -1.80. The molecule has 0 bridgehead atoms. The van der Waals surface area contributed by atoms with Gasteiger partial charge in [0.25, 0.3) is 15.2 Å². The Balaban J connectivity index is 2.60. The van der Waals surface area contributed by atoms with Crippen molar-refractivity contribution in [1.29, 1.82) is 0 Å². The molecule has 0 radical (unpaired) electrons. The third kappa shape index (κ3) is 2.39. The summed E-state index contributed by atoms with van der Waals surface area (Å²) in [5.41, 5.74) is 0.702. The van der Waals surface area contributed by atoms with Gasteiger partial charge in [0.05, 0.1) is 0 Å². The van der Waals surface area contributed by atoms with E-state index < -0.39 is 10.0 Å². The molecule has 2 aromatic heterocycles. The van der Waals surface area contributed by atoms with Crippen molar-refractivity contribution in [3.8, 4) is 11.4 Å². The summed E-state index contributed by atoms with van der Waals surface area (Å²) in [5.74, 6) is 0.453. The summed E-state index contributed by atoms with van der Waals surface area (Å²) in [6.45, 7) is 2.41. The predicted molar refractivity (Wildman–Crippen MR) is 64.9 cm³/mol. The number of aromatic nitrogens is 4. The second-order valence-corrected chi connectivity index (χ2v) is 5.20. The lowest BCUT2D eigenvalue weighted by molar-refractivity contribution is 0.559. The van der Waals surface area contributed by atoms with E-state index in [0.717, 1.165) is 6.42 Å². The molecule has 0 fully saturated rings. The van der Waals surface area contributed by atoms with Crippen LogP contribution in [0.5, 0.6) is 0 Å². The van der Waals surface area contributed by atoms with E-state index in [4.69, 9.17) is 5.14 Å². The molecule has 7 nitrogen and oxygen atoms in total. The van der Waals surface area contributed by atoms with Gasteiger partial charge >= 0.3 is 0 Å². The van der Waals surface area contributed by atoms with E-state index in [1.165, 1.54) is 4.57 Å². The van der Waals surface area contributed by atoms with Crippen LogP contribution in [0.1, 0.15) is 13.3 Å². The third-order valence-electron chi connectivity index (χ3n) is 2.34. The minimum Gasteiger partial charge on any atom is -0.297 e. The van der Waals surface area contributed by atoms with Gasteiger partial charge in [0, 0.05) is 24.5 Å². The highest BCUT2D eigenvalue weighted by Crippen LogP contribution is 2.19. The lowest BCUT2D eigenvalue weighted by Crippen LogP contribution is -2.19. The molecule has 2 heterocycles. The van der Waals surface area contributed by atoms with Crippen molar-refractivity contribution in [3.63, 3.8) is 0 Å². The Bertz CT molecular complexity index is 636. The summed E-state index contributed by atoms with van der Waals surface area (Å²) < 4.78 is 24.3. The van der Waals surface area contributed by atoms with Gasteiger partial charge in [-0.25, -0.2) is 13.6 Å². The van der Waals surface area contributed by atoms with Gasteiger partial charge in [0.2, 0.25) is 0 Å². The number of hydrogen-bond acceptors (Lipinski definition) is 5.